The number of fused-ring (bicyclic) bond motifs is 1. The Bertz CT molecular complexity index is 867. The summed E-state index contributed by atoms with van der Waals surface area (Å²) in [6, 6.07) is 12.2. The van der Waals surface area contributed by atoms with Crippen LogP contribution in [0, 0.1) is 5.92 Å². The van der Waals surface area contributed by atoms with E-state index in [9.17, 15) is 9.59 Å². The van der Waals surface area contributed by atoms with E-state index in [1.807, 2.05) is 38.2 Å². The third-order valence-corrected chi connectivity index (χ3v) is 5.44. The molecular weight excluding hydrogens is 368 g/mol. The van der Waals surface area contributed by atoms with Crippen molar-refractivity contribution in [3.8, 4) is 5.75 Å². The van der Waals surface area contributed by atoms with E-state index in [0.29, 0.717) is 26.2 Å². The minimum atomic E-state index is -0.147. The number of carbonyl (C=O) groups excluding carboxylic acids is 2. The minimum Gasteiger partial charge on any atom is -0.497 e. The summed E-state index contributed by atoms with van der Waals surface area (Å²) in [5.41, 5.74) is 1.08. The lowest BCUT2D eigenvalue weighted by molar-refractivity contribution is -0.150. The first-order valence-electron chi connectivity index (χ1n) is 10.2. The van der Waals surface area contributed by atoms with Crippen LogP contribution in [0.4, 0.5) is 0 Å². The molecule has 2 aromatic rings. The summed E-state index contributed by atoms with van der Waals surface area (Å²) in [7, 11) is 3.49. The molecule has 6 nitrogen and oxygen atoms in total. The third kappa shape index (κ3) is 5.48. The first kappa shape index (κ1) is 21.1. The number of hydrogen-bond acceptors (Lipinski definition) is 5. The highest BCUT2D eigenvalue weighted by molar-refractivity contribution is 5.85. The van der Waals surface area contributed by atoms with Gasteiger partial charge in [-0.1, -0.05) is 18.2 Å². The second-order valence-electron chi connectivity index (χ2n) is 7.62. The zero-order valence-electron chi connectivity index (χ0n) is 17.5. The fourth-order valence-electron chi connectivity index (χ4n) is 3.82. The summed E-state index contributed by atoms with van der Waals surface area (Å²) in [4.78, 5) is 28.5. The Labute approximate surface area is 172 Å². The molecule has 0 aliphatic carbocycles. The van der Waals surface area contributed by atoms with Gasteiger partial charge in [0.15, 0.2) is 0 Å². The van der Waals surface area contributed by atoms with Crippen LogP contribution in [-0.2, 0) is 20.9 Å². The number of nitrogens with zero attached hydrogens (tertiary/aromatic N) is 2. The van der Waals surface area contributed by atoms with Crippen LogP contribution in [0.15, 0.2) is 36.4 Å². The van der Waals surface area contributed by atoms with Crippen molar-refractivity contribution in [2.24, 2.45) is 5.92 Å². The van der Waals surface area contributed by atoms with Crippen molar-refractivity contribution in [1.29, 1.82) is 0 Å². The molecular formula is C23H30N2O4. The number of benzene rings is 2. The molecule has 1 atom stereocenters. The molecule has 1 unspecified atom stereocenters. The predicted octanol–water partition coefficient (Wildman–Crippen LogP) is 3.08. The van der Waals surface area contributed by atoms with Gasteiger partial charge in [-0.05, 0) is 60.8 Å². The van der Waals surface area contributed by atoms with Gasteiger partial charge in [0.1, 0.15) is 5.75 Å². The number of likely N-dealkylation sites (N-methyl/N-ethyl adjacent to an activating group) is 1. The Balaban J connectivity index is 1.57. The fraction of sp³-hybridized carbons (Fsp3) is 0.478. The van der Waals surface area contributed by atoms with Crippen molar-refractivity contribution < 1.29 is 19.1 Å². The number of carbonyl (C=O) groups is 2. The maximum absolute atomic E-state index is 12.7. The van der Waals surface area contributed by atoms with Crippen LogP contribution >= 0.6 is 0 Å². The molecule has 1 amide bonds. The average molecular weight is 399 g/mol. The van der Waals surface area contributed by atoms with Crippen molar-refractivity contribution in [3.63, 3.8) is 0 Å². The zero-order valence-corrected chi connectivity index (χ0v) is 17.5. The number of esters is 1. The Morgan fingerprint density at radius 3 is 2.69 bits per heavy atom. The van der Waals surface area contributed by atoms with Gasteiger partial charge in [0, 0.05) is 20.1 Å². The monoisotopic (exact) mass is 398 g/mol. The quantitative estimate of drug-likeness (QED) is 0.671. The topological polar surface area (TPSA) is 59.1 Å². The molecule has 1 saturated heterocycles. The molecule has 2 aromatic carbocycles. The molecule has 1 aliphatic heterocycles. The van der Waals surface area contributed by atoms with Crippen molar-refractivity contribution in [2.45, 2.75) is 26.3 Å². The van der Waals surface area contributed by atoms with E-state index < -0.39 is 0 Å². The maximum Gasteiger partial charge on any atom is 0.310 e. The SMILES string of the molecule is CCOC(=O)C1CCCN(CC(=O)N(C)Cc2ccc3cc(OC)ccc3c2)C1. The standard InChI is InChI=1S/C23H30N2O4/c1-4-29-23(27)20-6-5-11-25(15-20)16-22(26)24(2)14-17-7-8-19-13-21(28-3)10-9-18(19)12-17/h7-10,12-13,20H,4-6,11,14-16H2,1-3H3. The Morgan fingerprint density at radius 2 is 1.93 bits per heavy atom. The minimum absolute atomic E-state index is 0.0596. The van der Waals surface area contributed by atoms with Crippen molar-refractivity contribution in [2.75, 3.05) is 40.4 Å². The first-order chi connectivity index (χ1) is 14.0. The predicted molar refractivity (Wildman–Crippen MR) is 113 cm³/mol. The molecule has 0 saturated carbocycles. The number of amides is 1. The highest BCUT2D eigenvalue weighted by Gasteiger charge is 2.28. The summed E-state index contributed by atoms with van der Waals surface area (Å²) in [5.74, 6) is 0.620. The van der Waals surface area contributed by atoms with E-state index >= 15 is 0 Å². The van der Waals surface area contributed by atoms with Gasteiger partial charge in [-0.2, -0.15) is 0 Å². The van der Waals surface area contributed by atoms with E-state index in [-0.39, 0.29) is 17.8 Å². The Morgan fingerprint density at radius 1 is 1.17 bits per heavy atom. The van der Waals surface area contributed by atoms with Crippen LogP contribution in [0.2, 0.25) is 0 Å². The van der Waals surface area contributed by atoms with Crippen molar-refractivity contribution in [3.05, 3.63) is 42.0 Å². The average Bonchev–Trinajstić information content (AvgIpc) is 2.73. The smallest absolute Gasteiger partial charge is 0.310 e. The molecule has 0 spiro atoms. The molecule has 29 heavy (non-hydrogen) atoms. The van der Waals surface area contributed by atoms with Gasteiger partial charge < -0.3 is 14.4 Å². The molecule has 3 rings (SSSR count). The Kier molecular flexibility index (Phi) is 7.09. The summed E-state index contributed by atoms with van der Waals surface area (Å²) >= 11 is 0. The van der Waals surface area contributed by atoms with Gasteiger partial charge in [-0.25, -0.2) is 0 Å². The normalized spacial score (nSPS) is 17.1. The van der Waals surface area contributed by atoms with Crippen LogP contribution in [0.25, 0.3) is 10.8 Å². The molecule has 1 fully saturated rings. The lowest BCUT2D eigenvalue weighted by Crippen LogP contribution is -2.44. The second kappa shape index (κ2) is 9.74. The highest BCUT2D eigenvalue weighted by atomic mass is 16.5. The van der Waals surface area contributed by atoms with Gasteiger partial charge in [-0.15, -0.1) is 0 Å². The van der Waals surface area contributed by atoms with E-state index in [1.54, 1.807) is 12.0 Å². The molecule has 0 N–H and O–H groups in total. The van der Waals surface area contributed by atoms with Crippen molar-refractivity contribution in [1.82, 2.24) is 9.80 Å². The maximum atomic E-state index is 12.7. The molecule has 1 heterocycles. The number of hydrogen-bond donors (Lipinski definition) is 0. The van der Waals surface area contributed by atoms with Crippen LogP contribution in [0.5, 0.6) is 5.75 Å². The van der Waals surface area contributed by atoms with Crippen molar-refractivity contribution >= 4 is 22.6 Å². The number of methoxy groups -OCH3 is 1. The first-order valence-corrected chi connectivity index (χ1v) is 10.2. The molecule has 1 aliphatic rings. The molecule has 0 bridgehead atoms. The van der Waals surface area contributed by atoms with Crippen LogP contribution < -0.4 is 4.74 Å². The number of likely N-dealkylation sites (tertiary alicyclic amines) is 1. The van der Waals surface area contributed by atoms with Gasteiger partial charge >= 0.3 is 5.97 Å². The molecule has 156 valence electrons. The van der Waals surface area contributed by atoms with E-state index in [4.69, 9.17) is 9.47 Å². The highest BCUT2D eigenvalue weighted by Crippen LogP contribution is 2.22. The lowest BCUT2D eigenvalue weighted by atomic mass is 9.98. The molecule has 6 heteroatoms. The van der Waals surface area contributed by atoms with Crippen LogP contribution in [0.1, 0.15) is 25.3 Å². The van der Waals surface area contributed by atoms with Crippen LogP contribution in [0.3, 0.4) is 0 Å². The Hall–Kier alpha value is -2.60. The summed E-state index contributed by atoms with van der Waals surface area (Å²) in [5, 5.41) is 2.23. The second-order valence-corrected chi connectivity index (χ2v) is 7.62. The summed E-state index contributed by atoms with van der Waals surface area (Å²) in [6.45, 7) is 4.53. The van der Waals surface area contributed by atoms with Gasteiger partial charge in [0.25, 0.3) is 0 Å². The summed E-state index contributed by atoms with van der Waals surface area (Å²) in [6.07, 6.45) is 1.75. The molecule has 0 aromatic heterocycles. The van der Waals surface area contributed by atoms with E-state index in [0.717, 1.165) is 41.5 Å². The van der Waals surface area contributed by atoms with E-state index in [1.165, 1.54) is 0 Å². The summed E-state index contributed by atoms with van der Waals surface area (Å²) < 4.78 is 10.4. The zero-order chi connectivity index (χ0) is 20.8. The number of piperidine rings is 1. The third-order valence-electron chi connectivity index (χ3n) is 5.44. The number of rotatable bonds is 7. The lowest BCUT2D eigenvalue weighted by Gasteiger charge is -2.32. The van der Waals surface area contributed by atoms with Gasteiger partial charge in [0.2, 0.25) is 5.91 Å². The van der Waals surface area contributed by atoms with Gasteiger partial charge in [-0.3, -0.25) is 14.5 Å². The molecule has 0 radical (unpaired) electrons. The van der Waals surface area contributed by atoms with Gasteiger partial charge in [0.05, 0.1) is 26.2 Å². The largest absolute Gasteiger partial charge is 0.497 e. The van der Waals surface area contributed by atoms with E-state index in [2.05, 4.69) is 17.0 Å². The number of ether oxygens (including phenoxy) is 2. The van der Waals surface area contributed by atoms with Crippen LogP contribution in [-0.4, -0.2) is 62.1 Å². The fourth-order valence-corrected chi connectivity index (χ4v) is 3.82.